The number of fused-ring (bicyclic) bond motifs is 2. The Morgan fingerprint density at radius 1 is 1.11 bits per heavy atom. The summed E-state index contributed by atoms with van der Waals surface area (Å²) < 4.78 is 0. The number of hydrogen-bond acceptors (Lipinski definition) is 4. The van der Waals surface area contributed by atoms with E-state index in [4.69, 9.17) is 5.21 Å². The van der Waals surface area contributed by atoms with Gasteiger partial charge in [0.25, 0.3) is 5.91 Å². The van der Waals surface area contributed by atoms with Crippen molar-refractivity contribution in [1.82, 2.24) is 15.5 Å². The number of carbonyl (C=O) groups excluding carboxylic acids is 1. The van der Waals surface area contributed by atoms with E-state index in [2.05, 4.69) is 10.0 Å². The van der Waals surface area contributed by atoms with Gasteiger partial charge < -0.3 is 0 Å². The fraction of sp³-hybridized carbons (Fsp3) is 0.462. The van der Waals surface area contributed by atoms with Crippen LogP contribution in [0.4, 0.5) is 0 Å². The lowest BCUT2D eigenvalue weighted by molar-refractivity contribution is -0.0752. The van der Waals surface area contributed by atoms with Crippen LogP contribution in [0.3, 0.4) is 0 Å². The van der Waals surface area contributed by atoms with Gasteiger partial charge in [0.15, 0.2) is 0 Å². The molecule has 0 saturated carbocycles. The van der Waals surface area contributed by atoms with Gasteiger partial charge in [-0.1, -0.05) is 6.07 Å². The molecule has 0 spiro atoms. The van der Waals surface area contributed by atoms with Crippen molar-refractivity contribution in [2.75, 3.05) is 13.1 Å². The van der Waals surface area contributed by atoms with Crippen LogP contribution in [0.1, 0.15) is 34.3 Å². The maximum Gasteiger partial charge on any atom is 0.274 e. The average molecular weight is 247 g/mol. The van der Waals surface area contributed by atoms with Crippen molar-refractivity contribution in [2.45, 2.75) is 25.9 Å². The monoisotopic (exact) mass is 247 g/mol. The molecule has 1 amide bonds. The summed E-state index contributed by atoms with van der Waals surface area (Å²) in [7, 11) is 0. The number of hydrogen-bond donors (Lipinski definition) is 2. The molecule has 1 saturated heterocycles. The molecule has 0 aliphatic carbocycles. The van der Waals surface area contributed by atoms with Crippen molar-refractivity contribution >= 4 is 5.91 Å². The zero-order chi connectivity index (χ0) is 12.5. The molecule has 2 aliphatic rings. The second-order valence-electron chi connectivity index (χ2n) is 4.91. The van der Waals surface area contributed by atoms with Gasteiger partial charge in [-0.3, -0.25) is 10.0 Å². The van der Waals surface area contributed by atoms with E-state index in [0.29, 0.717) is 5.56 Å². The molecule has 18 heavy (non-hydrogen) atoms. The van der Waals surface area contributed by atoms with Gasteiger partial charge >= 0.3 is 0 Å². The Morgan fingerprint density at radius 2 is 1.78 bits per heavy atom. The Labute approximate surface area is 106 Å². The first-order valence-electron chi connectivity index (χ1n) is 6.34. The third kappa shape index (κ3) is 2.01. The lowest BCUT2D eigenvalue weighted by Gasteiger charge is -2.42. The lowest BCUT2D eigenvalue weighted by atomic mass is 10.00. The number of carbonyl (C=O) groups is 1. The van der Waals surface area contributed by atoms with Crippen LogP contribution < -0.4 is 5.48 Å². The van der Waals surface area contributed by atoms with Crippen molar-refractivity contribution in [3.8, 4) is 0 Å². The third-order valence-electron chi connectivity index (χ3n) is 3.76. The summed E-state index contributed by atoms with van der Waals surface area (Å²) in [6, 6.07) is 5.64. The summed E-state index contributed by atoms with van der Waals surface area (Å²) in [5, 5.41) is 13.4. The lowest BCUT2D eigenvalue weighted by Crippen LogP contribution is -2.48. The summed E-state index contributed by atoms with van der Waals surface area (Å²) in [5.74, 6) is -0.445. The minimum absolute atomic E-state index is 0.445. The fourth-order valence-electron chi connectivity index (χ4n) is 2.76. The minimum atomic E-state index is -0.445. The Balaban J connectivity index is 1.88. The molecule has 1 aromatic carbocycles. The molecule has 1 fully saturated rings. The number of amides is 1. The van der Waals surface area contributed by atoms with E-state index in [9.17, 15) is 4.79 Å². The van der Waals surface area contributed by atoms with Gasteiger partial charge in [0.1, 0.15) is 0 Å². The molecule has 2 aliphatic heterocycles. The predicted octanol–water partition coefficient (Wildman–Crippen LogP) is 1.13. The van der Waals surface area contributed by atoms with Gasteiger partial charge in [-0.25, -0.2) is 15.5 Å². The number of nitrogens with zero attached hydrogens (tertiary/aromatic N) is 2. The molecule has 3 rings (SSSR count). The van der Waals surface area contributed by atoms with Crippen LogP contribution >= 0.6 is 0 Å². The molecular weight excluding hydrogens is 230 g/mol. The highest BCUT2D eigenvalue weighted by atomic mass is 16.5. The summed E-state index contributed by atoms with van der Waals surface area (Å²) in [4.78, 5) is 11.4. The van der Waals surface area contributed by atoms with Gasteiger partial charge in [0, 0.05) is 31.7 Å². The van der Waals surface area contributed by atoms with E-state index in [1.807, 2.05) is 12.1 Å². The number of rotatable bonds is 1. The topological polar surface area (TPSA) is 55.8 Å². The highest BCUT2D eigenvalue weighted by molar-refractivity contribution is 5.93. The first-order chi connectivity index (χ1) is 8.78. The summed E-state index contributed by atoms with van der Waals surface area (Å²) in [6.45, 7) is 4.01. The Kier molecular flexibility index (Phi) is 3.03. The van der Waals surface area contributed by atoms with Crippen LogP contribution in [0.5, 0.6) is 0 Å². The molecule has 5 nitrogen and oxygen atoms in total. The van der Waals surface area contributed by atoms with E-state index >= 15 is 0 Å². The van der Waals surface area contributed by atoms with E-state index in [-0.39, 0.29) is 0 Å². The Hall–Kier alpha value is -1.43. The van der Waals surface area contributed by atoms with Crippen LogP contribution in [-0.2, 0) is 13.1 Å². The first kappa shape index (κ1) is 11.6. The minimum Gasteiger partial charge on any atom is -0.288 e. The highest BCUT2D eigenvalue weighted by Gasteiger charge is 2.26. The van der Waals surface area contributed by atoms with Crippen molar-refractivity contribution in [3.05, 3.63) is 34.9 Å². The van der Waals surface area contributed by atoms with E-state index in [1.165, 1.54) is 24.0 Å². The first-order valence-corrected chi connectivity index (χ1v) is 6.34. The molecule has 5 heteroatoms. The third-order valence-corrected chi connectivity index (χ3v) is 3.76. The van der Waals surface area contributed by atoms with Gasteiger partial charge in [-0.2, -0.15) is 0 Å². The number of hydrazine groups is 1. The molecule has 0 bridgehead atoms. The van der Waals surface area contributed by atoms with Crippen molar-refractivity contribution in [1.29, 1.82) is 0 Å². The van der Waals surface area contributed by atoms with E-state index < -0.39 is 5.91 Å². The standard InChI is InChI=1S/C13H17N3O2/c17-13(14-18)10-3-4-11-8-15-5-1-2-6-16(15)9-12(11)7-10/h3-4,7,18H,1-2,5-6,8-9H2,(H,14,17). The molecule has 0 aromatic heterocycles. The average Bonchev–Trinajstić information content (AvgIpc) is 2.43. The molecular formula is C13H17N3O2. The van der Waals surface area contributed by atoms with Gasteiger partial charge in [0.2, 0.25) is 0 Å². The number of nitrogens with one attached hydrogen (secondary N) is 1. The number of benzene rings is 1. The number of hydroxylamine groups is 1. The normalized spacial score (nSPS) is 20.1. The molecule has 2 N–H and O–H groups in total. The molecule has 96 valence electrons. The highest BCUT2D eigenvalue weighted by Crippen LogP contribution is 2.26. The molecule has 1 aromatic rings. The van der Waals surface area contributed by atoms with Crippen molar-refractivity contribution < 1.29 is 10.0 Å². The maximum atomic E-state index is 11.4. The smallest absolute Gasteiger partial charge is 0.274 e. The summed E-state index contributed by atoms with van der Waals surface area (Å²) in [5.41, 5.74) is 4.67. The second kappa shape index (κ2) is 4.68. The van der Waals surface area contributed by atoms with Gasteiger partial charge in [-0.15, -0.1) is 0 Å². The SMILES string of the molecule is O=C(NO)c1ccc2c(c1)CN1CCCCN1C2. The van der Waals surface area contributed by atoms with E-state index in [0.717, 1.165) is 26.2 Å². The predicted molar refractivity (Wildman–Crippen MR) is 65.7 cm³/mol. The van der Waals surface area contributed by atoms with Gasteiger partial charge in [-0.05, 0) is 36.1 Å². The molecule has 0 atom stereocenters. The van der Waals surface area contributed by atoms with Gasteiger partial charge in [0.05, 0.1) is 0 Å². The van der Waals surface area contributed by atoms with Crippen LogP contribution in [0.15, 0.2) is 18.2 Å². The zero-order valence-corrected chi connectivity index (χ0v) is 10.2. The van der Waals surface area contributed by atoms with Crippen molar-refractivity contribution in [2.24, 2.45) is 0 Å². The molecule has 0 radical (unpaired) electrons. The van der Waals surface area contributed by atoms with E-state index in [1.54, 1.807) is 11.5 Å². The van der Waals surface area contributed by atoms with Crippen LogP contribution in [0.25, 0.3) is 0 Å². The second-order valence-corrected chi connectivity index (χ2v) is 4.91. The van der Waals surface area contributed by atoms with Crippen molar-refractivity contribution in [3.63, 3.8) is 0 Å². The largest absolute Gasteiger partial charge is 0.288 e. The van der Waals surface area contributed by atoms with Crippen LogP contribution in [-0.4, -0.2) is 34.2 Å². The fourth-order valence-corrected chi connectivity index (χ4v) is 2.76. The summed E-state index contributed by atoms with van der Waals surface area (Å²) in [6.07, 6.45) is 2.50. The maximum absolute atomic E-state index is 11.4. The van der Waals surface area contributed by atoms with Crippen LogP contribution in [0, 0.1) is 0 Å². The zero-order valence-electron chi connectivity index (χ0n) is 10.2. The molecule has 0 unspecified atom stereocenters. The summed E-state index contributed by atoms with van der Waals surface area (Å²) >= 11 is 0. The quantitative estimate of drug-likeness (QED) is 0.577. The molecule has 2 heterocycles. The van der Waals surface area contributed by atoms with Crippen LogP contribution in [0.2, 0.25) is 0 Å². The Morgan fingerprint density at radius 3 is 2.44 bits per heavy atom. The Bertz CT molecular complexity index is 475.